The van der Waals surface area contributed by atoms with E-state index in [1.165, 1.54) is 0 Å². The zero-order valence-electron chi connectivity index (χ0n) is 3.17. The molecule has 0 atom stereocenters. The van der Waals surface area contributed by atoms with Crippen LogP contribution in [0.4, 0.5) is 0 Å². The van der Waals surface area contributed by atoms with Crippen LogP contribution in [0.3, 0.4) is 0 Å². The van der Waals surface area contributed by atoms with Crippen LogP contribution in [0, 0.1) is 41.7 Å². The second kappa shape index (κ2) is 3.31. The molecule has 0 unspecified atom stereocenters. The van der Waals surface area contributed by atoms with Gasteiger partial charge in [0.25, 0.3) is 10.1 Å². The van der Waals surface area contributed by atoms with E-state index in [1.807, 2.05) is 0 Å². The summed E-state index contributed by atoms with van der Waals surface area (Å²) in [5.74, 6) is 0. The third-order valence-electron chi connectivity index (χ3n) is 0. The first-order chi connectivity index (χ1) is 2.00. The summed E-state index contributed by atoms with van der Waals surface area (Å²) < 4.78 is 25.9. The van der Waals surface area contributed by atoms with E-state index >= 15 is 0 Å². The standard InChI is InChI=1S/CH4O3S.Ce/c1-5(2,3)4;/h1H3,(H,2,3,4);. The van der Waals surface area contributed by atoms with Crippen LogP contribution in [0.1, 0.15) is 0 Å². The molecule has 0 fully saturated rings. The Morgan fingerprint density at radius 1 is 1.50 bits per heavy atom. The van der Waals surface area contributed by atoms with E-state index in [-0.39, 0.29) is 41.7 Å². The first-order valence-electron chi connectivity index (χ1n) is 0.924. The molecule has 1 N–H and O–H groups in total. The summed E-state index contributed by atoms with van der Waals surface area (Å²) in [5.41, 5.74) is 0. The van der Waals surface area contributed by atoms with Crippen LogP contribution in [0.5, 0.6) is 0 Å². The SMILES string of the molecule is CS(=O)(=O)O.[Ce]. The summed E-state index contributed by atoms with van der Waals surface area (Å²) in [7, 11) is -3.67. The van der Waals surface area contributed by atoms with Crippen LogP contribution >= 0.6 is 0 Å². The van der Waals surface area contributed by atoms with Crippen molar-refractivity contribution < 1.29 is 54.7 Å². The van der Waals surface area contributed by atoms with Crippen LogP contribution in [0.15, 0.2) is 0 Å². The second-order valence-corrected chi connectivity index (χ2v) is 2.20. The first kappa shape index (κ1) is 10.3. The minimum atomic E-state index is -3.67. The normalized spacial score (nSPS) is 9.67. The van der Waals surface area contributed by atoms with Gasteiger partial charge in [0.1, 0.15) is 0 Å². The van der Waals surface area contributed by atoms with Gasteiger partial charge < -0.3 is 0 Å². The Morgan fingerprint density at radius 3 is 1.50 bits per heavy atom. The number of hydrogen-bond donors (Lipinski definition) is 1. The molecule has 0 aromatic rings. The average molecular weight is 236 g/mol. The number of rotatable bonds is 0. The van der Waals surface area contributed by atoms with Gasteiger partial charge in [0.2, 0.25) is 0 Å². The first-order valence-corrected chi connectivity index (χ1v) is 2.77. The summed E-state index contributed by atoms with van der Waals surface area (Å²) in [6.07, 6.45) is 0.715. The molecule has 0 amide bonds. The van der Waals surface area contributed by atoms with Gasteiger partial charge in [0, 0.05) is 41.7 Å². The van der Waals surface area contributed by atoms with Gasteiger partial charge in [0.15, 0.2) is 0 Å². The van der Waals surface area contributed by atoms with Crippen molar-refractivity contribution in [3.63, 3.8) is 0 Å². The molecule has 0 saturated heterocycles. The summed E-state index contributed by atoms with van der Waals surface area (Å²) in [6.45, 7) is 0. The van der Waals surface area contributed by atoms with E-state index in [9.17, 15) is 8.42 Å². The van der Waals surface area contributed by atoms with Crippen molar-refractivity contribution in [2.24, 2.45) is 0 Å². The molecule has 3 nitrogen and oxygen atoms in total. The van der Waals surface area contributed by atoms with E-state index in [1.54, 1.807) is 0 Å². The van der Waals surface area contributed by atoms with E-state index < -0.39 is 10.1 Å². The molecule has 0 aliphatic rings. The molecule has 5 heteroatoms. The van der Waals surface area contributed by atoms with E-state index in [0.717, 1.165) is 0 Å². The smallest absolute Gasteiger partial charge is 0.261 e. The molecule has 0 spiro atoms. The van der Waals surface area contributed by atoms with Gasteiger partial charge in [-0.3, -0.25) is 4.55 Å². The molecular weight excluding hydrogens is 232 g/mol. The molecule has 0 aliphatic carbocycles. The third kappa shape index (κ3) is 58.7. The Bertz CT molecular complexity index is 94.0. The van der Waals surface area contributed by atoms with Crippen molar-refractivity contribution in [1.29, 1.82) is 0 Å². The van der Waals surface area contributed by atoms with Crippen LogP contribution in [-0.2, 0) is 10.1 Å². The molecule has 0 aromatic carbocycles. The largest absolute Gasteiger partial charge is 0.286 e. The third-order valence-corrected chi connectivity index (χ3v) is 0. The molecule has 6 heavy (non-hydrogen) atoms. The number of hydrogen-bond acceptors (Lipinski definition) is 2. The van der Waals surface area contributed by atoms with E-state index in [4.69, 9.17) is 4.55 Å². The van der Waals surface area contributed by atoms with Crippen molar-refractivity contribution in [1.82, 2.24) is 0 Å². The van der Waals surface area contributed by atoms with Crippen molar-refractivity contribution in [3.05, 3.63) is 0 Å². The molecular formula is CH4CeO3S. The Kier molecular flexibility index (Phi) is 5.68. The van der Waals surface area contributed by atoms with Crippen molar-refractivity contribution in [2.75, 3.05) is 6.26 Å². The maximum absolute atomic E-state index is 9.19. The summed E-state index contributed by atoms with van der Waals surface area (Å²) in [6, 6.07) is 0. The summed E-state index contributed by atoms with van der Waals surface area (Å²) >= 11 is 0. The van der Waals surface area contributed by atoms with Crippen molar-refractivity contribution in [3.8, 4) is 0 Å². The van der Waals surface area contributed by atoms with Gasteiger partial charge in [-0.05, 0) is 0 Å². The van der Waals surface area contributed by atoms with Crippen LogP contribution in [0.2, 0.25) is 0 Å². The Hall–Kier alpha value is 1.29. The van der Waals surface area contributed by atoms with Crippen LogP contribution < -0.4 is 0 Å². The van der Waals surface area contributed by atoms with Crippen molar-refractivity contribution in [2.45, 2.75) is 0 Å². The Morgan fingerprint density at radius 2 is 1.50 bits per heavy atom. The second-order valence-electron chi connectivity index (χ2n) is 0.733. The van der Waals surface area contributed by atoms with Crippen LogP contribution in [0.25, 0.3) is 0 Å². The van der Waals surface area contributed by atoms with Gasteiger partial charge in [-0.2, -0.15) is 8.42 Å². The maximum Gasteiger partial charge on any atom is 0.261 e. The van der Waals surface area contributed by atoms with Gasteiger partial charge in [-0.1, -0.05) is 0 Å². The van der Waals surface area contributed by atoms with E-state index in [0.29, 0.717) is 6.26 Å². The minimum absolute atomic E-state index is 0. The quantitative estimate of drug-likeness (QED) is 0.577. The molecule has 0 saturated carbocycles. The van der Waals surface area contributed by atoms with Gasteiger partial charge in [-0.15, -0.1) is 0 Å². The molecule has 36 valence electrons. The summed E-state index contributed by atoms with van der Waals surface area (Å²) in [4.78, 5) is 0. The fraction of sp³-hybridized carbons (Fsp3) is 1.00. The van der Waals surface area contributed by atoms with Gasteiger partial charge in [0.05, 0.1) is 6.26 Å². The Balaban J connectivity index is 0. The molecule has 0 heterocycles. The molecule has 0 radical (unpaired) electrons. The van der Waals surface area contributed by atoms with Gasteiger partial charge in [-0.25, -0.2) is 0 Å². The van der Waals surface area contributed by atoms with Gasteiger partial charge >= 0.3 is 0 Å². The predicted octanol–water partition coefficient (Wildman–Crippen LogP) is -0.496. The van der Waals surface area contributed by atoms with E-state index in [2.05, 4.69) is 0 Å². The topological polar surface area (TPSA) is 54.4 Å². The fourth-order valence-corrected chi connectivity index (χ4v) is 0. The van der Waals surface area contributed by atoms with Crippen molar-refractivity contribution >= 4 is 10.1 Å². The average Bonchev–Trinajstić information content (AvgIpc) is 0.722. The monoisotopic (exact) mass is 236 g/mol. The molecule has 0 bridgehead atoms. The molecule has 0 aliphatic heterocycles. The minimum Gasteiger partial charge on any atom is -0.286 e. The molecule has 0 rings (SSSR count). The van der Waals surface area contributed by atoms with Crippen LogP contribution in [-0.4, -0.2) is 19.2 Å². The fourth-order valence-electron chi connectivity index (χ4n) is 0. The summed E-state index contributed by atoms with van der Waals surface area (Å²) in [5, 5.41) is 0. The maximum atomic E-state index is 9.19. The zero-order chi connectivity index (χ0) is 4.50. The Labute approximate surface area is 70.3 Å². The predicted molar refractivity (Wildman–Crippen MR) is 17.5 cm³/mol. The molecule has 0 aromatic heterocycles. The zero-order valence-corrected chi connectivity index (χ0v) is 7.13.